The summed E-state index contributed by atoms with van der Waals surface area (Å²) in [7, 11) is 0. The van der Waals surface area contributed by atoms with Crippen LogP contribution in [0.1, 0.15) is 12.8 Å². The van der Waals surface area contributed by atoms with Crippen molar-refractivity contribution >= 4 is 17.7 Å². The number of hydrogen-bond donors (Lipinski definition) is 3. The lowest BCUT2D eigenvalue weighted by Crippen LogP contribution is -2.29. The van der Waals surface area contributed by atoms with E-state index in [1.807, 2.05) is 6.26 Å². The SMILES string of the molecule is CSCCCNCC(O)CC(=O)O. The fourth-order valence-electron chi connectivity index (χ4n) is 0.884. The largest absolute Gasteiger partial charge is 0.481 e. The van der Waals surface area contributed by atoms with Gasteiger partial charge in [0.05, 0.1) is 12.5 Å². The summed E-state index contributed by atoms with van der Waals surface area (Å²) >= 11 is 1.77. The van der Waals surface area contributed by atoms with Crippen LogP contribution >= 0.6 is 11.8 Å². The molecule has 0 aromatic rings. The Morgan fingerprint density at radius 3 is 2.85 bits per heavy atom. The molecule has 78 valence electrons. The normalized spacial score (nSPS) is 12.8. The Balaban J connectivity index is 3.17. The van der Waals surface area contributed by atoms with E-state index in [1.54, 1.807) is 11.8 Å². The first kappa shape index (κ1) is 12.7. The van der Waals surface area contributed by atoms with Gasteiger partial charge in [-0.3, -0.25) is 4.79 Å². The maximum atomic E-state index is 10.2. The molecule has 5 heteroatoms. The van der Waals surface area contributed by atoms with Gasteiger partial charge in [0, 0.05) is 6.54 Å². The number of carboxylic acid groups (broad SMARTS) is 1. The molecule has 0 aliphatic heterocycles. The highest BCUT2D eigenvalue weighted by Gasteiger charge is 2.07. The minimum Gasteiger partial charge on any atom is -0.481 e. The third-order valence-electron chi connectivity index (χ3n) is 1.49. The average Bonchev–Trinajstić information content (AvgIpc) is 2.02. The van der Waals surface area contributed by atoms with Crippen molar-refractivity contribution in [1.29, 1.82) is 0 Å². The second-order valence-corrected chi connectivity index (χ2v) is 3.79. The molecule has 0 spiro atoms. The highest BCUT2D eigenvalue weighted by molar-refractivity contribution is 7.98. The molecule has 4 nitrogen and oxygen atoms in total. The van der Waals surface area contributed by atoms with Crippen LogP contribution in [0.5, 0.6) is 0 Å². The second-order valence-electron chi connectivity index (χ2n) is 2.80. The molecule has 13 heavy (non-hydrogen) atoms. The first-order valence-corrected chi connectivity index (χ1v) is 5.65. The van der Waals surface area contributed by atoms with Crippen LogP contribution in [0, 0.1) is 0 Å². The van der Waals surface area contributed by atoms with E-state index in [2.05, 4.69) is 5.32 Å². The number of carbonyl (C=O) groups is 1. The number of aliphatic hydroxyl groups excluding tert-OH is 1. The standard InChI is InChI=1S/C8H17NO3S/c1-13-4-2-3-9-6-7(10)5-8(11)12/h7,9-10H,2-6H2,1H3,(H,11,12). The minimum absolute atomic E-state index is 0.185. The van der Waals surface area contributed by atoms with Gasteiger partial charge in [0.2, 0.25) is 0 Å². The van der Waals surface area contributed by atoms with E-state index < -0.39 is 12.1 Å². The molecule has 1 atom stereocenters. The van der Waals surface area contributed by atoms with Crippen LogP contribution in [0.15, 0.2) is 0 Å². The van der Waals surface area contributed by atoms with Crippen molar-refractivity contribution < 1.29 is 15.0 Å². The van der Waals surface area contributed by atoms with Crippen LogP contribution in [-0.2, 0) is 4.79 Å². The highest BCUT2D eigenvalue weighted by atomic mass is 32.2. The van der Waals surface area contributed by atoms with E-state index in [4.69, 9.17) is 10.2 Å². The van der Waals surface area contributed by atoms with Gasteiger partial charge in [-0.05, 0) is 25.0 Å². The number of carboxylic acids is 1. The van der Waals surface area contributed by atoms with E-state index in [0.29, 0.717) is 6.54 Å². The average molecular weight is 207 g/mol. The summed E-state index contributed by atoms with van der Waals surface area (Å²) in [5.41, 5.74) is 0. The van der Waals surface area contributed by atoms with Gasteiger partial charge in [-0.25, -0.2) is 0 Å². The summed E-state index contributed by atoms with van der Waals surface area (Å²) in [6.07, 6.45) is 2.13. The Bertz CT molecular complexity index is 143. The van der Waals surface area contributed by atoms with Gasteiger partial charge in [0.25, 0.3) is 0 Å². The predicted octanol–water partition coefficient (Wildman–Crippen LogP) is 0.165. The predicted molar refractivity (Wildman–Crippen MR) is 54.1 cm³/mol. The van der Waals surface area contributed by atoms with Crippen LogP contribution in [0.4, 0.5) is 0 Å². The van der Waals surface area contributed by atoms with E-state index >= 15 is 0 Å². The van der Waals surface area contributed by atoms with Crippen molar-refractivity contribution in [3.05, 3.63) is 0 Å². The molecule has 3 N–H and O–H groups in total. The maximum Gasteiger partial charge on any atom is 0.306 e. The fourth-order valence-corrected chi connectivity index (χ4v) is 1.32. The van der Waals surface area contributed by atoms with Crippen LogP contribution in [0.25, 0.3) is 0 Å². The molecular weight excluding hydrogens is 190 g/mol. The van der Waals surface area contributed by atoms with Gasteiger partial charge >= 0.3 is 5.97 Å². The molecular formula is C8H17NO3S. The Kier molecular flexibility index (Phi) is 8.18. The molecule has 0 aliphatic carbocycles. The van der Waals surface area contributed by atoms with Crippen molar-refractivity contribution in [2.45, 2.75) is 18.9 Å². The van der Waals surface area contributed by atoms with Gasteiger partial charge in [-0.1, -0.05) is 0 Å². The summed E-state index contributed by atoms with van der Waals surface area (Å²) in [5.74, 6) is 0.126. The fraction of sp³-hybridized carbons (Fsp3) is 0.875. The van der Waals surface area contributed by atoms with E-state index in [1.165, 1.54) is 0 Å². The summed E-state index contributed by atoms with van der Waals surface area (Å²) < 4.78 is 0. The summed E-state index contributed by atoms with van der Waals surface area (Å²) in [4.78, 5) is 10.2. The lowest BCUT2D eigenvalue weighted by atomic mass is 10.2. The third-order valence-corrected chi connectivity index (χ3v) is 2.19. The van der Waals surface area contributed by atoms with Crippen LogP contribution in [0.3, 0.4) is 0 Å². The van der Waals surface area contributed by atoms with Crippen LogP contribution < -0.4 is 5.32 Å². The summed E-state index contributed by atoms with van der Waals surface area (Å²) in [5, 5.41) is 20.5. The van der Waals surface area contributed by atoms with Crippen molar-refractivity contribution in [2.24, 2.45) is 0 Å². The molecule has 0 fully saturated rings. The minimum atomic E-state index is -0.960. The maximum absolute atomic E-state index is 10.2. The Morgan fingerprint density at radius 2 is 2.31 bits per heavy atom. The van der Waals surface area contributed by atoms with Crippen molar-refractivity contribution in [3.8, 4) is 0 Å². The molecule has 0 radical (unpaired) electrons. The Labute approximate surface area is 82.7 Å². The van der Waals surface area contributed by atoms with Crippen molar-refractivity contribution in [2.75, 3.05) is 25.1 Å². The first-order chi connectivity index (χ1) is 6.16. The zero-order chi connectivity index (χ0) is 10.1. The molecule has 0 aromatic carbocycles. The van der Waals surface area contributed by atoms with E-state index in [9.17, 15) is 4.79 Å². The van der Waals surface area contributed by atoms with Crippen molar-refractivity contribution in [3.63, 3.8) is 0 Å². The molecule has 0 saturated carbocycles. The number of nitrogens with one attached hydrogen (secondary N) is 1. The lowest BCUT2D eigenvalue weighted by Gasteiger charge is -2.08. The van der Waals surface area contributed by atoms with Crippen molar-refractivity contribution in [1.82, 2.24) is 5.32 Å². The zero-order valence-electron chi connectivity index (χ0n) is 7.82. The molecule has 0 heterocycles. The number of aliphatic hydroxyl groups is 1. The van der Waals surface area contributed by atoms with Crippen LogP contribution in [-0.4, -0.2) is 47.4 Å². The smallest absolute Gasteiger partial charge is 0.306 e. The molecule has 1 unspecified atom stereocenters. The molecule has 0 bridgehead atoms. The topological polar surface area (TPSA) is 69.6 Å². The lowest BCUT2D eigenvalue weighted by molar-refractivity contribution is -0.139. The van der Waals surface area contributed by atoms with Gasteiger partial charge in [0.1, 0.15) is 0 Å². The van der Waals surface area contributed by atoms with E-state index in [-0.39, 0.29) is 6.42 Å². The highest BCUT2D eigenvalue weighted by Crippen LogP contribution is 1.94. The van der Waals surface area contributed by atoms with Gasteiger partial charge < -0.3 is 15.5 Å². The monoisotopic (exact) mass is 207 g/mol. The number of aliphatic carboxylic acids is 1. The number of rotatable bonds is 8. The molecule has 0 amide bonds. The Hall–Kier alpha value is -0.260. The molecule has 0 saturated heterocycles. The summed E-state index contributed by atoms with van der Waals surface area (Å²) in [6.45, 7) is 1.19. The van der Waals surface area contributed by atoms with Gasteiger partial charge in [0.15, 0.2) is 0 Å². The van der Waals surface area contributed by atoms with Gasteiger partial charge in [-0.2, -0.15) is 11.8 Å². The molecule has 0 aliphatic rings. The zero-order valence-corrected chi connectivity index (χ0v) is 8.64. The number of thioether (sulfide) groups is 1. The first-order valence-electron chi connectivity index (χ1n) is 4.26. The van der Waals surface area contributed by atoms with Gasteiger partial charge in [-0.15, -0.1) is 0 Å². The quantitative estimate of drug-likeness (QED) is 0.495. The number of hydrogen-bond acceptors (Lipinski definition) is 4. The van der Waals surface area contributed by atoms with E-state index in [0.717, 1.165) is 18.7 Å². The third kappa shape index (κ3) is 9.66. The Morgan fingerprint density at radius 1 is 1.62 bits per heavy atom. The van der Waals surface area contributed by atoms with Crippen LogP contribution in [0.2, 0.25) is 0 Å². The second kappa shape index (κ2) is 8.34. The molecule has 0 aromatic heterocycles. The summed E-state index contributed by atoms with van der Waals surface area (Å²) in [6, 6.07) is 0. The molecule has 0 rings (SSSR count).